The summed E-state index contributed by atoms with van der Waals surface area (Å²) in [5.41, 5.74) is 7.58. The first-order valence-electron chi connectivity index (χ1n) is 6.75. The van der Waals surface area contributed by atoms with Crippen LogP contribution >= 0.6 is 0 Å². The molecule has 0 aliphatic heterocycles. The van der Waals surface area contributed by atoms with Crippen LogP contribution in [0.5, 0.6) is 0 Å². The van der Waals surface area contributed by atoms with E-state index in [1.54, 1.807) is 29.1 Å². The van der Waals surface area contributed by atoms with Gasteiger partial charge in [-0.3, -0.25) is 0 Å². The van der Waals surface area contributed by atoms with E-state index in [1.165, 1.54) is 6.07 Å². The highest BCUT2D eigenvalue weighted by Gasteiger charge is 2.14. The van der Waals surface area contributed by atoms with Gasteiger partial charge in [-0.05, 0) is 36.9 Å². The molecule has 0 aliphatic carbocycles. The predicted molar refractivity (Wildman–Crippen MR) is 79.5 cm³/mol. The van der Waals surface area contributed by atoms with Crippen molar-refractivity contribution < 1.29 is 4.39 Å². The largest absolute Gasteiger partial charge is 0.330 e. The van der Waals surface area contributed by atoms with Gasteiger partial charge in [-0.2, -0.15) is 5.10 Å². The molecule has 2 heterocycles. The Morgan fingerprint density at radius 1 is 1.10 bits per heavy atom. The van der Waals surface area contributed by atoms with Crippen LogP contribution in [0.15, 0.2) is 54.7 Å². The maximum absolute atomic E-state index is 14.1. The van der Waals surface area contributed by atoms with Crippen molar-refractivity contribution in [1.29, 1.82) is 0 Å². The van der Waals surface area contributed by atoms with Gasteiger partial charge in [-0.1, -0.05) is 18.2 Å². The van der Waals surface area contributed by atoms with Crippen LogP contribution in [0.4, 0.5) is 4.39 Å². The van der Waals surface area contributed by atoms with Gasteiger partial charge in [0.05, 0.1) is 11.4 Å². The van der Waals surface area contributed by atoms with E-state index in [4.69, 9.17) is 5.73 Å². The molecule has 0 fully saturated rings. The number of rotatable bonds is 4. The van der Waals surface area contributed by atoms with Gasteiger partial charge >= 0.3 is 0 Å². The monoisotopic (exact) mass is 282 g/mol. The average molecular weight is 282 g/mol. The molecule has 0 aliphatic rings. The Labute approximate surface area is 122 Å². The van der Waals surface area contributed by atoms with E-state index >= 15 is 0 Å². The molecule has 4 nitrogen and oxygen atoms in total. The smallest absolute Gasteiger partial charge is 0.153 e. The van der Waals surface area contributed by atoms with Gasteiger partial charge in [0.15, 0.2) is 5.82 Å². The summed E-state index contributed by atoms with van der Waals surface area (Å²) >= 11 is 0. The lowest BCUT2D eigenvalue weighted by atomic mass is 10.1. The van der Waals surface area contributed by atoms with E-state index in [2.05, 4.69) is 10.1 Å². The molecule has 0 atom stereocenters. The van der Waals surface area contributed by atoms with Gasteiger partial charge in [0.1, 0.15) is 5.82 Å². The highest BCUT2D eigenvalue weighted by molar-refractivity contribution is 5.62. The molecule has 3 aromatic rings. The van der Waals surface area contributed by atoms with Crippen LogP contribution < -0.4 is 5.73 Å². The third-order valence-corrected chi connectivity index (χ3v) is 3.18. The zero-order valence-corrected chi connectivity index (χ0v) is 11.4. The van der Waals surface area contributed by atoms with Gasteiger partial charge in [0.25, 0.3) is 0 Å². The molecule has 2 aromatic heterocycles. The first-order valence-corrected chi connectivity index (χ1v) is 6.75. The molecule has 5 heteroatoms. The van der Waals surface area contributed by atoms with Crippen LogP contribution in [-0.4, -0.2) is 21.3 Å². The Morgan fingerprint density at radius 2 is 1.90 bits per heavy atom. The Balaban J connectivity index is 2.17. The maximum atomic E-state index is 14.1. The molecular weight excluding hydrogens is 267 g/mol. The molecule has 0 bridgehead atoms. The molecule has 2 N–H and O–H groups in total. The van der Waals surface area contributed by atoms with Crippen LogP contribution in [0, 0.1) is 5.82 Å². The van der Waals surface area contributed by atoms with Gasteiger partial charge in [-0.25, -0.2) is 14.1 Å². The topological polar surface area (TPSA) is 56.7 Å². The number of nitrogens with two attached hydrogens (primary N) is 1. The highest BCUT2D eigenvalue weighted by atomic mass is 19.1. The van der Waals surface area contributed by atoms with Crippen molar-refractivity contribution in [3.8, 4) is 17.1 Å². The molecule has 0 spiro atoms. The standard InChI is InChI=1S/C16H15FN4/c17-14-6-2-1-5-13(14)15-11-12(8-9-18)20-21(15)16-7-3-4-10-19-16/h1-7,10-11H,8-9,18H2. The summed E-state index contributed by atoms with van der Waals surface area (Å²) < 4.78 is 15.7. The van der Waals surface area contributed by atoms with E-state index in [-0.39, 0.29) is 5.82 Å². The zero-order chi connectivity index (χ0) is 14.7. The number of aromatic nitrogens is 3. The Kier molecular flexibility index (Phi) is 3.75. The minimum Gasteiger partial charge on any atom is -0.330 e. The van der Waals surface area contributed by atoms with Crippen LogP contribution in [0.25, 0.3) is 17.1 Å². The Bertz CT molecular complexity index is 737. The van der Waals surface area contributed by atoms with Crippen molar-refractivity contribution in [2.75, 3.05) is 6.54 Å². The molecule has 106 valence electrons. The summed E-state index contributed by atoms with van der Waals surface area (Å²) in [4.78, 5) is 4.29. The maximum Gasteiger partial charge on any atom is 0.153 e. The molecule has 21 heavy (non-hydrogen) atoms. The molecule has 0 saturated heterocycles. The van der Waals surface area contributed by atoms with Crippen molar-refractivity contribution in [3.63, 3.8) is 0 Å². The lowest BCUT2D eigenvalue weighted by molar-refractivity contribution is 0.629. The van der Waals surface area contributed by atoms with E-state index < -0.39 is 0 Å². The highest BCUT2D eigenvalue weighted by Crippen LogP contribution is 2.25. The summed E-state index contributed by atoms with van der Waals surface area (Å²) in [6, 6.07) is 14.0. The quantitative estimate of drug-likeness (QED) is 0.800. The van der Waals surface area contributed by atoms with E-state index in [9.17, 15) is 4.39 Å². The SMILES string of the molecule is NCCc1cc(-c2ccccc2F)n(-c2ccccn2)n1. The minimum absolute atomic E-state index is 0.283. The molecule has 3 rings (SSSR count). The third kappa shape index (κ3) is 2.68. The molecule has 1 aromatic carbocycles. The van der Waals surface area contributed by atoms with Crippen molar-refractivity contribution in [2.24, 2.45) is 5.73 Å². The lowest BCUT2D eigenvalue weighted by Crippen LogP contribution is -2.05. The fourth-order valence-corrected chi connectivity index (χ4v) is 2.21. The van der Waals surface area contributed by atoms with Crippen LogP contribution in [0.1, 0.15) is 5.69 Å². The molecule has 0 saturated carbocycles. The Morgan fingerprint density at radius 3 is 2.62 bits per heavy atom. The summed E-state index contributed by atoms with van der Waals surface area (Å²) in [5.74, 6) is 0.368. The fraction of sp³-hybridized carbons (Fsp3) is 0.125. The first-order chi connectivity index (χ1) is 10.3. The number of pyridine rings is 1. The second-order valence-electron chi connectivity index (χ2n) is 4.64. The number of halogens is 1. The molecule has 0 unspecified atom stereocenters. The summed E-state index contributed by atoms with van der Waals surface area (Å²) in [6.45, 7) is 0.496. The zero-order valence-electron chi connectivity index (χ0n) is 11.4. The van der Waals surface area contributed by atoms with Crippen molar-refractivity contribution in [3.05, 3.63) is 66.2 Å². The summed E-state index contributed by atoms with van der Waals surface area (Å²) in [5, 5.41) is 4.50. The fourth-order valence-electron chi connectivity index (χ4n) is 2.21. The minimum atomic E-state index is -0.283. The molecular formula is C16H15FN4. The van der Waals surface area contributed by atoms with E-state index in [0.29, 0.717) is 30.0 Å². The summed E-state index contributed by atoms with van der Waals surface area (Å²) in [6.07, 6.45) is 2.33. The second kappa shape index (κ2) is 5.85. The predicted octanol–water partition coefficient (Wildman–Crippen LogP) is 2.57. The van der Waals surface area contributed by atoms with Crippen LogP contribution in [-0.2, 0) is 6.42 Å². The third-order valence-electron chi connectivity index (χ3n) is 3.18. The summed E-state index contributed by atoms with van der Waals surface area (Å²) in [7, 11) is 0. The van der Waals surface area contributed by atoms with E-state index in [0.717, 1.165) is 5.69 Å². The van der Waals surface area contributed by atoms with Gasteiger partial charge < -0.3 is 5.73 Å². The van der Waals surface area contributed by atoms with Gasteiger partial charge in [-0.15, -0.1) is 0 Å². The number of nitrogens with zero attached hydrogens (tertiary/aromatic N) is 3. The molecule has 0 radical (unpaired) electrons. The van der Waals surface area contributed by atoms with Crippen LogP contribution in [0.2, 0.25) is 0 Å². The van der Waals surface area contributed by atoms with E-state index in [1.807, 2.05) is 24.3 Å². The lowest BCUT2D eigenvalue weighted by Gasteiger charge is -2.07. The number of hydrogen-bond donors (Lipinski definition) is 1. The van der Waals surface area contributed by atoms with Crippen molar-refractivity contribution in [2.45, 2.75) is 6.42 Å². The number of hydrogen-bond acceptors (Lipinski definition) is 3. The number of benzene rings is 1. The van der Waals surface area contributed by atoms with Crippen LogP contribution in [0.3, 0.4) is 0 Å². The molecule has 0 amide bonds. The average Bonchev–Trinajstić information content (AvgIpc) is 2.93. The second-order valence-corrected chi connectivity index (χ2v) is 4.64. The first kappa shape index (κ1) is 13.5. The Hall–Kier alpha value is -2.53. The van der Waals surface area contributed by atoms with Crippen molar-refractivity contribution >= 4 is 0 Å². The van der Waals surface area contributed by atoms with Gasteiger partial charge in [0.2, 0.25) is 0 Å². The van der Waals surface area contributed by atoms with Gasteiger partial charge in [0, 0.05) is 18.2 Å². The van der Waals surface area contributed by atoms with Crippen molar-refractivity contribution in [1.82, 2.24) is 14.8 Å². The normalized spacial score (nSPS) is 10.8.